The summed E-state index contributed by atoms with van der Waals surface area (Å²) in [6.07, 6.45) is 11.2. The maximum absolute atomic E-state index is 2.28. The highest BCUT2D eigenvalue weighted by Crippen LogP contribution is 2.38. The van der Waals surface area contributed by atoms with E-state index in [0.29, 0.717) is 0 Å². The van der Waals surface area contributed by atoms with Crippen LogP contribution < -0.4 is 0 Å². The molecule has 0 aliphatic heterocycles. The first-order valence-electron chi connectivity index (χ1n) is 3.44. The molecule has 0 saturated carbocycles. The molecule has 0 radical (unpaired) electrons. The van der Waals surface area contributed by atoms with Crippen molar-refractivity contribution in [2.24, 2.45) is 11.8 Å². The molecule has 2 aliphatic carbocycles. The summed E-state index contributed by atoms with van der Waals surface area (Å²) < 4.78 is 0. The first kappa shape index (κ1) is 5.04. The van der Waals surface area contributed by atoms with E-state index in [9.17, 15) is 0 Å². The van der Waals surface area contributed by atoms with Gasteiger partial charge in [-0.25, -0.2) is 0 Å². The zero-order valence-electron chi connectivity index (χ0n) is 5.54. The summed E-state index contributed by atoms with van der Waals surface area (Å²) in [6, 6.07) is 0. The van der Waals surface area contributed by atoms with E-state index in [-0.39, 0.29) is 0 Å². The van der Waals surface area contributed by atoms with Crippen LogP contribution in [0.3, 0.4) is 0 Å². The standard InChI is InChI=1S/C9H10/c1-2-7-3-4-8-5-6-9(7)8/h2-6,8-9H,1H3. The molecule has 0 aromatic rings. The first-order chi connectivity index (χ1) is 4.42. The summed E-state index contributed by atoms with van der Waals surface area (Å²) in [5.41, 5.74) is 1.49. The summed E-state index contributed by atoms with van der Waals surface area (Å²) in [5, 5.41) is 0. The van der Waals surface area contributed by atoms with Gasteiger partial charge in [-0.2, -0.15) is 0 Å². The summed E-state index contributed by atoms with van der Waals surface area (Å²) in [4.78, 5) is 0. The highest BCUT2D eigenvalue weighted by atomic mass is 14.3. The maximum Gasteiger partial charge on any atom is 0.0112 e. The van der Waals surface area contributed by atoms with Crippen LogP contribution in [0.15, 0.2) is 36.0 Å². The van der Waals surface area contributed by atoms with E-state index < -0.39 is 0 Å². The van der Waals surface area contributed by atoms with Crippen LogP contribution in [0.25, 0.3) is 0 Å². The zero-order chi connectivity index (χ0) is 6.27. The molecular formula is C9H10. The molecule has 46 valence electrons. The summed E-state index contributed by atoms with van der Waals surface area (Å²) in [5.74, 6) is 1.49. The smallest absolute Gasteiger partial charge is 0.0112 e. The number of hydrogen-bond donors (Lipinski definition) is 0. The monoisotopic (exact) mass is 118 g/mol. The molecule has 0 spiro atoms. The topological polar surface area (TPSA) is 0 Å². The van der Waals surface area contributed by atoms with Crippen molar-refractivity contribution in [3.8, 4) is 0 Å². The fourth-order valence-electron chi connectivity index (χ4n) is 1.49. The predicted octanol–water partition coefficient (Wildman–Crippen LogP) is 2.30. The lowest BCUT2D eigenvalue weighted by Gasteiger charge is -2.21. The van der Waals surface area contributed by atoms with Crippen molar-refractivity contribution in [2.75, 3.05) is 0 Å². The SMILES string of the molecule is CC=C1C=CC2C=CC12. The second-order valence-corrected chi connectivity index (χ2v) is 2.64. The van der Waals surface area contributed by atoms with E-state index in [1.165, 1.54) is 5.57 Å². The normalized spacial score (nSPS) is 41.2. The van der Waals surface area contributed by atoms with Gasteiger partial charge in [0.25, 0.3) is 0 Å². The van der Waals surface area contributed by atoms with Crippen LogP contribution in [0.5, 0.6) is 0 Å². The van der Waals surface area contributed by atoms with Gasteiger partial charge in [0.15, 0.2) is 0 Å². The highest BCUT2D eigenvalue weighted by molar-refractivity contribution is 5.41. The van der Waals surface area contributed by atoms with E-state index in [2.05, 4.69) is 37.3 Å². The van der Waals surface area contributed by atoms with Gasteiger partial charge in [-0.1, -0.05) is 30.4 Å². The predicted molar refractivity (Wildman–Crippen MR) is 39.0 cm³/mol. The van der Waals surface area contributed by atoms with Gasteiger partial charge >= 0.3 is 0 Å². The van der Waals surface area contributed by atoms with Crippen LogP contribution in [-0.4, -0.2) is 0 Å². The molecule has 0 aromatic heterocycles. The average molecular weight is 118 g/mol. The number of rotatable bonds is 0. The Morgan fingerprint density at radius 1 is 1.33 bits per heavy atom. The van der Waals surface area contributed by atoms with Gasteiger partial charge in [0.2, 0.25) is 0 Å². The minimum absolute atomic E-state index is 0.745. The van der Waals surface area contributed by atoms with Crippen LogP contribution in [0.1, 0.15) is 6.92 Å². The van der Waals surface area contributed by atoms with Gasteiger partial charge in [0, 0.05) is 11.8 Å². The molecule has 0 N–H and O–H groups in total. The summed E-state index contributed by atoms with van der Waals surface area (Å²) >= 11 is 0. The third-order valence-electron chi connectivity index (χ3n) is 2.18. The van der Waals surface area contributed by atoms with Crippen LogP contribution >= 0.6 is 0 Å². The van der Waals surface area contributed by atoms with Crippen molar-refractivity contribution in [1.29, 1.82) is 0 Å². The van der Waals surface area contributed by atoms with E-state index in [1.54, 1.807) is 0 Å². The Kier molecular flexibility index (Phi) is 0.895. The third-order valence-corrected chi connectivity index (χ3v) is 2.18. The van der Waals surface area contributed by atoms with Gasteiger partial charge in [-0.15, -0.1) is 0 Å². The van der Waals surface area contributed by atoms with Crippen molar-refractivity contribution < 1.29 is 0 Å². The van der Waals surface area contributed by atoms with Gasteiger partial charge in [-0.3, -0.25) is 0 Å². The first-order valence-corrected chi connectivity index (χ1v) is 3.44. The lowest BCUT2D eigenvalue weighted by Crippen LogP contribution is -2.12. The van der Waals surface area contributed by atoms with Crippen LogP contribution in [0.4, 0.5) is 0 Å². The largest absolute Gasteiger partial charge is 0.0838 e. The minimum Gasteiger partial charge on any atom is -0.0838 e. The van der Waals surface area contributed by atoms with Crippen molar-refractivity contribution in [1.82, 2.24) is 0 Å². The molecule has 0 aromatic carbocycles. The van der Waals surface area contributed by atoms with Gasteiger partial charge in [-0.05, 0) is 12.5 Å². The Hall–Kier alpha value is -0.780. The molecule has 0 bridgehead atoms. The molecule has 0 heterocycles. The molecule has 2 unspecified atom stereocenters. The third kappa shape index (κ3) is 0.533. The Balaban J connectivity index is 2.33. The molecule has 0 fully saturated rings. The molecule has 2 rings (SSSR count). The van der Waals surface area contributed by atoms with Crippen LogP contribution in [0.2, 0.25) is 0 Å². The van der Waals surface area contributed by atoms with Crippen molar-refractivity contribution in [3.63, 3.8) is 0 Å². The molecular weight excluding hydrogens is 108 g/mol. The fourth-order valence-corrected chi connectivity index (χ4v) is 1.49. The molecule has 0 saturated heterocycles. The Morgan fingerprint density at radius 3 is 2.56 bits per heavy atom. The molecule has 9 heavy (non-hydrogen) atoms. The molecule has 2 atom stereocenters. The Bertz CT molecular complexity index is 203. The van der Waals surface area contributed by atoms with E-state index in [0.717, 1.165) is 11.8 Å². The Morgan fingerprint density at radius 2 is 2.22 bits per heavy atom. The van der Waals surface area contributed by atoms with E-state index in [1.807, 2.05) is 0 Å². The van der Waals surface area contributed by atoms with E-state index in [4.69, 9.17) is 0 Å². The lowest BCUT2D eigenvalue weighted by atomic mass is 9.83. The van der Waals surface area contributed by atoms with Crippen LogP contribution in [0, 0.1) is 11.8 Å². The molecule has 0 amide bonds. The quantitative estimate of drug-likeness (QED) is 0.428. The zero-order valence-corrected chi connectivity index (χ0v) is 5.54. The lowest BCUT2D eigenvalue weighted by molar-refractivity contribution is 0.615. The van der Waals surface area contributed by atoms with Crippen LogP contribution in [-0.2, 0) is 0 Å². The fraction of sp³-hybridized carbons (Fsp3) is 0.333. The number of allylic oxidation sites excluding steroid dienone is 6. The second-order valence-electron chi connectivity index (χ2n) is 2.64. The number of hydrogen-bond acceptors (Lipinski definition) is 0. The summed E-state index contributed by atoms with van der Waals surface area (Å²) in [6.45, 7) is 2.11. The molecule has 0 heteroatoms. The maximum atomic E-state index is 2.28. The average Bonchev–Trinajstić information content (AvgIpc) is 2.07. The van der Waals surface area contributed by atoms with Crippen molar-refractivity contribution >= 4 is 0 Å². The summed E-state index contributed by atoms with van der Waals surface area (Å²) in [7, 11) is 0. The van der Waals surface area contributed by atoms with Crippen molar-refractivity contribution in [2.45, 2.75) is 6.92 Å². The van der Waals surface area contributed by atoms with Gasteiger partial charge < -0.3 is 0 Å². The van der Waals surface area contributed by atoms with Crippen molar-refractivity contribution in [3.05, 3.63) is 36.0 Å². The number of fused-ring (bicyclic) bond motifs is 1. The van der Waals surface area contributed by atoms with Gasteiger partial charge in [0.1, 0.15) is 0 Å². The highest BCUT2D eigenvalue weighted by Gasteiger charge is 2.27. The Labute approximate surface area is 55.6 Å². The second kappa shape index (κ2) is 1.60. The molecule has 2 aliphatic rings. The van der Waals surface area contributed by atoms with Gasteiger partial charge in [0.05, 0.1) is 0 Å². The van der Waals surface area contributed by atoms with E-state index >= 15 is 0 Å². The molecule has 0 nitrogen and oxygen atoms in total. The minimum atomic E-state index is 0.745.